The van der Waals surface area contributed by atoms with Gasteiger partial charge in [-0.1, -0.05) is 12.1 Å². The maximum Gasteiger partial charge on any atom is 0.408 e. The van der Waals surface area contributed by atoms with E-state index >= 15 is 0 Å². The van der Waals surface area contributed by atoms with E-state index in [-0.39, 0.29) is 5.69 Å². The van der Waals surface area contributed by atoms with E-state index < -0.39 is 18.8 Å². The molecular weight excluding hydrogens is 199 g/mol. The Morgan fingerprint density at radius 1 is 1.57 bits per heavy atom. The van der Waals surface area contributed by atoms with Gasteiger partial charge in [-0.3, -0.25) is 0 Å². The van der Waals surface area contributed by atoms with Gasteiger partial charge in [0.25, 0.3) is 0 Å². The van der Waals surface area contributed by atoms with Crippen LogP contribution in [0.15, 0.2) is 6.20 Å². The summed E-state index contributed by atoms with van der Waals surface area (Å²) in [5.74, 6) is 0. The lowest BCUT2D eigenvalue weighted by Crippen LogP contribution is -2.18. The number of aliphatic hydroxyl groups excluding tert-OH is 1. The number of aromatic nitrogens is 3. The molecule has 0 amide bonds. The van der Waals surface area contributed by atoms with E-state index in [1.54, 1.807) is 6.92 Å². The highest BCUT2D eigenvalue weighted by Gasteiger charge is 2.28. The Morgan fingerprint density at radius 2 is 2.21 bits per heavy atom. The first-order valence-corrected chi connectivity index (χ1v) is 4.07. The van der Waals surface area contributed by atoms with Crippen LogP contribution < -0.4 is 0 Å². The Balaban J connectivity index is 2.69. The summed E-state index contributed by atoms with van der Waals surface area (Å²) in [4.78, 5) is 0. The molecule has 7 heteroatoms. The summed E-state index contributed by atoms with van der Waals surface area (Å²) in [5, 5.41) is 15.9. The van der Waals surface area contributed by atoms with Crippen molar-refractivity contribution in [3.63, 3.8) is 0 Å². The molecule has 0 spiro atoms. The summed E-state index contributed by atoms with van der Waals surface area (Å²) in [6.07, 6.45) is -3.67. The van der Waals surface area contributed by atoms with Crippen molar-refractivity contribution < 1.29 is 18.3 Å². The summed E-state index contributed by atoms with van der Waals surface area (Å²) in [6, 6.07) is 0. The molecule has 1 N–H and O–H groups in total. The molecule has 1 rings (SSSR count). The molecule has 0 aliphatic heterocycles. The smallest absolute Gasteiger partial charge is 0.387 e. The summed E-state index contributed by atoms with van der Waals surface area (Å²) >= 11 is 0. The molecule has 0 aliphatic carbocycles. The van der Waals surface area contributed by atoms with Crippen molar-refractivity contribution in [1.29, 1.82) is 0 Å². The van der Waals surface area contributed by atoms with Gasteiger partial charge in [0.2, 0.25) is 0 Å². The summed E-state index contributed by atoms with van der Waals surface area (Å²) in [7, 11) is 0. The zero-order valence-corrected chi connectivity index (χ0v) is 7.49. The Kier molecular flexibility index (Phi) is 3.10. The third kappa shape index (κ3) is 2.99. The van der Waals surface area contributed by atoms with E-state index in [9.17, 15) is 18.3 Å². The SMILES string of the molecule is CCC(O)c1cn(CC(F)(F)F)nn1. The van der Waals surface area contributed by atoms with Gasteiger partial charge in [-0.15, -0.1) is 5.10 Å². The molecule has 4 nitrogen and oxygen atoms in total. The second-order valence-corrected chi connectivity index (χ2v) is 2.88. The Morgan fingerprint density at radius 3 is 2.71 bits per heavy atom. The van der Waals surface area contributed by atoms with Crippen molar-refractivity contribution >= 4 is 0 Å². The maximum atomic E-state index is 11.9. The largest absolute Gasteiger partial charge is 0.408 e. The van der Waals surface area contributed by atoms with Crippen LogP contribution in [0.5, 0.6) is 0 Å². The van der Waals surface area contributed by atoms with Crippen molar-refractivity contribution in [3.8, 4) is 0 Å². The Hall–Kier alpha value is -1.11. The molecule has 1 unspecified atom stereocenters. The Bertz CT molecular complexity index is 297. The van der Waals surface area contributed by atoms with E-state index in [4.69, 9.17) is 0 Å². The molecule has 0 fully saturated rings. The highest BCUT2D eigenvalue weighted by molar-refractivity contribution is 4.96. The van der Waals surface area contributed by atoms with E-state index in [1.807, 2.05) is 0 Å². The van der Waals surface area contributed by atoms with E-state index in [0.29, 0.717) is 11.1 Å². The lowest BCUT2D eigenvalue weighted by Gasteiger charge is -2.04. The van der Waals surface area contributed by atoms with Crippen LogP contribution in [0.1, 0.15) is 25.1 Å². The topological polar surface area (TPSA) is 50.9 Å². The van der Waals surface area contributed by atoms with Gasteiger partial charge < -0.3 is 5.11 Å². The fourth-order valence-corrected chi connectivity index (χ4v) is 0.936. The normalized spacial score (nSPS) is 14.4. The number of alkyl halides is 3. The average molecular weight is 209 g/mol. The molecule has 0 radical (unpaired) electrons. The van der Waals surface area contributed by atoms with Crippen LogP contribution in [0.25, 0.3) is 0 Å². The summed E-state index contributed by atoms with van der Waals surface area (Å²) < 4.78 is 36.3. The maximum absolute atomic E-state index is 11.9. The van der Waals surface area contributed by atoms with Crippen LogP contribution in [0.2, 0.25) is 0 Å². The first-order valence-electron chi connectivity index (χ1n) is 4.07. The lowest BCUT2D eigenvalue weighted by molar-refractivity contribution is -0.142. The minimum absolute atomic E-state index is 0.164. The molecule has 80 valence electrons. The van der Waals surface area contributed by atoms with Gasteiger partial charge in [0.05, 0.1) is 12.3 Å². The van der Waals surface area contributed by atoms with Gasteiger partial charge in [0.1, 0.15) is 12.2 Å². The molecule has 0 saturated heterocycles. The van der Waals surface area contributed by atoms with Crippen LogP contribution in [0, 0.1) is 0 Å². The van der Waals surface area contributed by atoms with Crippen molar-refractivity contribution in [2.75, 3.05) is 0 Å². The van der Waals surface area contributed by atoms with Crippen LogP contribution in [-0.4, -0.2) is 26.3 Å². The third-order valence-corrected chi connectivity index (χ3v) is 1.63. The Labute approximate surface area is 78.3 Å². The zero-order valence-electron chi connectivity index (χ0n) is 7.49. The molecule has 1 aromatic rings. The van der Waals surface area contributed by atoms with Crippen LogP contribution >= 0.6 is 0 Å². The molecule has 0 bridgehead atoms. The van der Waals surface area contributed by atoms with Gasteiger partial charge in [-0.2, -0.15) is 13.2 Å². The number of rotatable bonds is 3. The fourth-order valence-electron chi connectivity index (χ4n) is 0.936. The highest BCUT2D eigenvalue weighted by Crippen LogP contribution is 2.18. The van der Waals surface area contributed by atoms with Crippen LogP contribution in [0.3, 0.4) is 0 Å². The van der Waals surface area contributed by atoms with Gasteiger partial charge in [0.15, 0.2) is 0 Å². The summed E-state index contributed by atoms with van der Waals surface area (Å²) in [5.41, 5.74) is 0.164. The number of aliphatic hydroxyl groups is 1. The predicted molar refractivity (Wildman–Crippen MR) is 41.3 cm³/mol. The number of halogens is 3. The molecule has 0 saturated carbocycles. The van der Waals surface area contributed by atoms with Gasteiger partial charge in [0, 0.05) is 0 Å². The molecular formula is C7H10F3N3O. The van der Waals surface area contributed by atoms with Crippen LogP contribution in [-0.2, 0) is 6.54 Å². The van der Waals surface area contributed by atoms with E-state index in [1.165, 1.54) is 0 Å². The highest BCUT2D eigenvalue weighted by atomic mass is 19.4. The molecule has 14 heavy (non-hydrogen) atoms. The number of nitrogens with zero attached hydrogens (tertiary/aromatic N) is 3. The lowest BCUT2D eigenvalue weighted by atomic mass is 10.2. The van der Waals surface area contributed by atoms with Crippen LogP contribution in [0.4, 0.5) is 13.2 Å². The van der Waals surface area contributed by atoms with E-state index in [0.717, 1.165) is 6.20 Å². The molecule has 0 aliphatic rings. The van der Waals surface area contributed by atoms with Crippen molar-refractivity contribution in [1.82, 2.24) is 15.0 Å². The first-order chi connectivity index (χ1) is 6.42. The van der Waals surface area contributed by atoms with Gasteiger partial charge in [-0.25, -0.2) is 4.68 Å². The minimum atomic E-state index is -4.32. The van der Waals surface area contributed by atoms with Crippen molar-refractivity contribution in [2.24, 2.45) is 0 Å². The number of hydrogen-bond acceptors (Lipinski definition) is 3. The summed E-state index contributed by atoms with van der Waals surface area (Å²) in [6.45, 7) is 0.518. The van der Waals surface area contributed by atoms with Gasteiger partial charge in [-0.05, 0) is 6.42 Å². The number of hydrogen-bond donors (Lipinski definition) is 1. The second kappa shape index (κ2) is 3.95. The zero-order chi connectivity index (χ0) is 10.8. The minimum Gasteiger partial charge on any atom is -0.387 e. The molecule has 1 atom stereocenters. The second-order valence-electron chi connectivity index (χ2n) is 2.88. The fraction of sp³-hybridized carbons (Fsp3) is 0.714. The van der Waals surface area contributed by atoms with Gasteiger partial charge >= 0.3 is 6.18 Å². The monoisotopic (exact) mass is 209 g/mol. The first kappa shape index (κ1) is 11.0. The van der Waals surface area contributed by atoms with Crippen molar-refractivity contribution in [3.05, 3.63) is 11.9 Å². The van der Waals surface area contributed by atoms with Crippen molar-refractivity contribution in [2.45, 2.75) is 32.2 Å². The van der Waals surface area contributed by atoms with E-state index in [2.05, 4.69) is 10.3 Å². The standard InChI is InChI=1S/C7H10F3N3O/c1-2-6(14)5-3-13(12-11-5)4-7(8,9)10/h3,6,14H,2,4H2,1H3. The molecule has 1 aromatic heterocycles. The third-order valence-electron chi connectivity index (χ3n) is 1.63. The quantitative estimate of drug-likeness (QED) is 0.815. The average Bonchev–Trinajstić information content (AvgIpc) is 2.48. The molecule has 1 heterocycles. The predicted octanol–water partition coefficient (Wildman–Crippen LogP) is 1.28. The molecule has 0 aromatic carbocycles.